The van der Waals surface area contributed by atoms with Gasteiger partial charge in [0, 0.05) is 24.7 Å². The average Bonchev–Trinajstić information content (AvgIpc) is 2.85. The van der Waals surface area contributed by atoms with E-state index >= 15 is 0 Å². The molecular weight excluding hydrogens is 398 g/mol. The summed E-state index contributed by atoms with van der Waals surface area (Å²) in [6, 6.07) is 28.6. The van der Waals surface area contributed by atoms with Gasteiger partial charge >= 0.3 is 0 Å². The highest BCUT2D eigenvalue weighted by Gasteiger charge is 2.18. The maximum absolute atomic E-state index is 13.0. The number of rotatable bonds is 7. The minimum Gasteiger partial charge on any atom is -0.348 e. The SMILES string of the molecule is O=C(NCc1ccccc1)C(=Cc1ccc2ncccc2c1)C(=O)NCc1ccccc1. The molecule has 0 radical (unpaired) electrons. The monoisotopic (exact) mass is 421 g/mol. The number of pyridine rings is 1. The lowest BCUT2D eigenvalue weighted by atomic mass is 10.1. The number of fused-ring (bicyclic) bond motifs is 1. The molecule has 4 aromatic rings. The van der Waals surface area contributed by atoms with Gasteiger partial charge in [-0.3, -0.25) is 14.6 Å². The van der Waals surface area contributed by atoms with Crippen molar-refractivity contribution in [1.82, 2.24) is 15.6 Å². The molecule has 5 heteroatoms. The van der Waals surface area contributed by atoms with Crippen LogP contribution in [0.1, 0.15) is 16.7 Å². The number of benzene rings is 3. The molecule has 0 fully saturated rings. The number of carbonyl (C=O) groups is 2. The quantitative estimate of drug-likeness (QED) is 0.266. The Morgan fingerprint density at radius 1 is 0.719 bits per heavy atom. The molecule has 0 unspecified atom stereocenters. The number of carbonyl (C=O) groups excluding carboxylic acids is 2. The van der Waals surface area contributed by atoms with E-state index in [1.165, 1.54) is 0 Å². The van der Waals surface area contributed by atoms with Crippen molar-refractivity contribution in [3.05, 3.63) is 119 Å². The van der Waals surface area contributed by atoms with Gasteiger partial charge in [-0.05, 0) is 41.0 Å². The maximum atomic E-state index is 13.0. The molecule has 0 saturated carbocycles. The van der Waals surface area contributed by atoms with E-state index in [1.54, 1.807) is 12.3 Å². The van der Waals surface area contributed by atoms with E-state index in [2.05, 4.69) is 15.6 Å². The normalized spacial score (nSPS) is 10.4. The second-order valence-corrected chi connectivity index (χ2v) is 7.35. The van der Waals surface area contributed by atoms with Gasteiger partial charge in [-0.25, -0.2) is 0 Å². The molecule has 0 spiro atoms. The summed E-state index contributed by atoms with van der Waals surface area (Å²) in [5, 5.41) is 6.65. The fourth-order valence-electron chi connectivity index (χ4n) is 3.33. The fourth-order valence-corrected chi connectivity index (χ4v) is 3.33. The molecule has 0 bridgehead atoms. The zero-order valence-electron chi connectivity index (χ0n) is 17.5. The van der Waals surface area contributed by atoms with Crippen LogP contribution in [0.15, 0.2) is 103 Å². The molecule has 4 rings (SSSR count). The molecule has 5 nitrogen and oxygen atoms in total. The molecule has 158 valence electrons. The third-order valence-electron chi connectivity index (χ3n) is 5.02. The van der Waals surface area contributed by atoms with Crippen molar-refractivity contribution in [3.63, 3.8) is 0 Å². The third kappa shape index (κ3) is 5.46. The fraction of sp³-hybridized carbons (Fsp3) is 0.0741. The number of aromatic nitrogens is 1. The second kappa shape index (κ2) is 10.2. The summed E-state index contributed by atoms with van der Waals surface area (Å²) >= 11 is 0. The first kappa shape index (κ1) is 21.0. The summed E-state index contributed by atoms with van der Waals surface area (Å²) in [7, 11) is 0. The van der Waals surface area contributed by atoms with Crippen molar-refractivity contribution < 1.29 is 9.59 Å². The van der Waals surface area contributed by atoms with Crippen molar-refractivity contribution >= 4 is 28.8 Å². The lowest BCUT2D eigenvalue weighted by molar-refractivity contribution is -0.123. The summed E-state index contributed by atoms with van der Waals surface area (Å²) in [5.41, 5.74) is 3.59. The van der Waals surface area contributed by atoms with Crippen LogP contribution >= 0.6 is 0 Å². The standard InChI is InChI=1S/C27H23N3O2/c31-26(29-18-20-8-3-1-4-9-20)24(27(32)30-19-21-10-5-2-6-11-21)17-22-13-14-25-23(16-22)12-7-15-28-25/h1-17H,18-19H2,(H,29,31)(H,30,32). The molecule has 2 N–H and O–H groups in total. The van der Waals surface area contributed by atoms with E-state index in [-0.39, 0.29) is 5.57 Å². The molecule has 0 saturated heterocycles. The summed E-state index contributed by atoms with van der Waals surface area (Å²) < 4.78 is 0. The van der Waals surface area contributed by atoms with E-state index in [0.29, 0.717) is 13.1 Å². The summed E-state index contributed by atoms with van der Waals surface area (Å²) in [5.74, 6) is -0.851. The second-order valence-electron chi connectivity index (χ2n) is 7.35. The van der Waals surface area contributed by atoms with Gasteiger partial charge in [0.05, 0.1) is 5.52 Å². The zero-order valence-corrected chi connectivity index (χ0v) is 17.5. The molecule has 0 aliphatic heterocycles. The van der Waals surface area contributed by atoms with Gasteiger partial charge in [0.25, 0.3) is 11.8 Å². The topological polar surface area (TPSA) is 71.1 Å². The number of hydrogen-bond donors (Lipinski definition) is 2. The molecule has 3 aromatic carbocycles. The van der Waals surface area contributed by atoms with Crippen LogP contribution in [0.2, 0.25) is 0 Å². The average molecular weight is 422 g/mol. The Labute approximate surface area is 186 Å². The highest BCUT2D eigenvalue weighted by atomic mass is 16.2. The number of nitrogens with zero attached hydrogens (tertiary/aromatic N) is 1. The molecule has 2 amide bonds. The third-order valence-corrected chi connectivity index (χ3v) is 5.02. The van der Waals surface area contributed by atoms with Crippen LogP contribution in [0.4, 0.5) is 0 Å². The van der Waals surface area contributed by atoms with Crippen LogP contribution in [-0.2, 0) is 22.7 Å². The van der Waals surface area contributed by atoms with Crippen molar-refractivity contribution in [2.45, 2.75) is 13.1 Å². The number of nitrogens with one attached hydrogen (secondary N) is 2. The first-order valence-electron chi connectivity index (χ1n) is 10.4. The van der Waals surface area contributed by atoms with Crippen molar-refractivity contribution in [3.8, 4) is 0 Å². The minimum atomic E-state index is -0.425. The van der Waals surface area contributed by atoms with Crippen LogP contribution in [0, 0.1) is 0 Å². The smallest absolute Gasteiger partial charge is 0.257 e. The summed E-state index contributed by atoms with van der Waals surface area (Å²) in [6.45, 7) is 0.676. The molecule has 0 aliphatic rings. The Morgan fingerprint density at radius 3 is 1.91 bits per heavy atom. The van der Waals surface area contributed by atoms with Gasteiger partial charge < -0.3 is 10.6 Å². The van der Waals surface area contributed by atoms with Crippen LogP contribution in [0.25, 0.3) is 17.0 Å². The van der Waals surface area contributed by atoms with E-state index in [1.807, 2.05) is 91.0 Å². The van der Waals surface area contributed by atoms with Gasteiger partial charge in [-0.1, -0.05) is 72.8 Å². The first-order chi connectivity index (χ1) is 15.7. The zero-order chi connectivity index (χ0) is 22.2. The molecular formula is C27H23N3O2. The highest BCUT2D eigenvalue weighted by molar-refractivity contribution is 6.21. The molecule has 1 aromatic heterocycles. The van der Waals surface area contributed by atoms with E-state index in [0.717, 1.165) is 27.6 Å². The molecule has 1 heterocycles. The summed E-state index contributed by atoms with van der Waals surface area (Å²) in [6.07, 6.45) is 3.35. The van der Waals surface area contributed by atoms with E-state index < -0.39 is 11.8 Å². The Bertz CT molecular complexity index is 1190. The van der Waals surface area contributed by atoms with E-state index in [4.69, 9.17) is 0 Å². The van der Waals surface area contributed by atoms with Crippen LogP contribution in [0.5, 0.6) is 0 Å². The molecule has 0 atom stereocenters. The lowest BCUT2D eigenvalue weighted by Crippen LogP contribution is -2.34. The van der Waals surface area contributed by atoms with Crippen molar-refractivity contribution in [1.29, 1.82) is 0 Å². The predicted octanol–water partition coefficient (Wildman–Crippen LogP) is 4.25. The van der Waals surface area contributed by atoms with Crippen molar-refractivity contribution in [2.24, 2.45) is 0 Å². The Kier molecular flexibility index (Phi) is 6.68. The Morgan fingerprint density at radius 2 is 1.31 bits per heavy atom. The number of amides is 2. The summed E-state index contributed by atoms with van der Waals surface area (Å²) in [4.78, 5) is 30.3. The van der Waals surface area contributed by atoms with Gasteiger partial charge in [0.1, 0.15) is 5.57 Å². The number of hydrogen-bond acceptors (Lipinski definition) is 3. The molecule has 32 heavy (non-hydrogen) atoms. The largest absolute Gasteiger partial charge is 0.348 e. The van der Waals surface area contributed by atoms with Gasteiger partial charge in [0.2, 0.25) is 0 Å². The van der Waals surface area contributed by atoms with Gasteiger partial charge in [-0.2, -0.15) is 0 Å². The van der Waals surface area contributed by atoms with Crippen molar-refractivity contribution in [2.75, 3.05) is 0 Å². The lowest BCUT2D eigenvalue weighted by Gasteiger charge is -2.11. The predicted molar refractivity (Wildman–Crippen MR) is 126 cm³/mol. The van der Waals surface area contributed by atoms with E-state index in [9.17, 15) is 9.59 Å². The molecule has 0 aliphatic carbocycles. The van der Waals surface area contributed by atoms with Crippen LogP contribution < -0.4 is 10.6 Å². The van der Waals surface area contributed by atoms with Crippen LogP contribution in [-0.4, -0.2) is 16.8 Å². The van der Waals surface area contributed by atoms with Gasteiger partial charge in [-0.15, -0.1) is 0 Å². The maximum Gasteiger partial charge on any atom is 0.257 e. The first-order valence-corrected chi connectivity index (χ1v) is 10.4. The Balaban J connectivity index is 1.57. The van der Waals surface area contributed by atoms with Crippen LogP contribution in [0.3, 0.4) is 0 Å². The highest BCUT2D eigenvalue weighted by Crippen LogP contribution is 2.16. The van der Waals surface area contributed by atoms with Gasteiger partial charge in [0.15, 0.2) is 0 Å². The Hall–Kier alpha value is -4.25. The minimum absolute atomic E-state index is 0.0557.